The third-order valence-corrected chi connectivity index (χ3v) is 4.35. The molecule has 3 rings (SSSR count). The summed E-state index contributed by atoms with van der Waals surface area (Å²) in [5, 5.41) is 11.3. The molecule has 2 nitrogen and oxygen atoms in total. The lowest BCUT2D eigenvalue weighted by Gasteiger charge is -2.26. The van der Waals surface area contributed by atoms with Crippen LogP contribution in [0, 0.1) is 0 Å². The van der Waals surface area contributed by atoms with Gasteiger partial charge in [0.25, 0.3) is 0 Å². The van der Waals surface area contributed by atoms with Gasteiger partial charge in [0.2, 0.25) is 0 Å². The fourth-order valence-electron chi connectivity index (χ4n) is 3.08. The summed E-state index contributed by atoms with van der Waals surface area (Å²) in [5.74, 6) is 0. The first kappa shape index (κ1) is 15.0. The van der Waals surface area contributed by atoms with E-state index in [-0.39, 0.29) is 0 Å². The molecular weight excluding hydrogens is 270 g/mol. The Morgan fingerprint density at radius 3 is 1.86 bits per heavy atom. The second kappa shape index (κ2) is 6.91. The van der Waals surface area contributed by atoms with Crippen LogP contribution in [0.15, 0.2) is 72.8 Å². The van der Waals surface area contributed by atoms with E-state index in [1.54, 1.807) is 0 Å². The summed E-state index contributed by atoms with van der Waals surface area (Å²) in [6.07, 6.45) is 6.62. The van der Waals surface area contributed by atoms with Crippen molar-refractivity contribution in [3.63, 3.8) is 0 Å². The van der Waals surface area contributed by atoms with E-state index in [4.69, 9.17) is 0 Å². The number of hydrogen-bond acceptors (Lipinski definition) is 2. The van der Waals surface area contributed by atoms with Crippen LogP contribution in [0.5, 0.6) is 0 Å². The summed E-state index contributed by atoms with van der Waals surface area (Å²) in [5.41, 5.74) is 0.736. The van der Waals surface area contributed by atoms with E-state index < -0.39 is 5.60 Å². The highest BCUT2D eigenvalue weighted by Gasteiger charge is 2.28. The molecule has 1 fully saturated rings. The second-order valence-corrected chi connectivity index (χ2v) is 5.91. The molecule has 22 heavy (non-hydrogen) atoms. The van der Waals surface area contributed by atoms with Gasteiger partial charge in [0.05, 0.1) is 0 Å². The van der Waals surface area contributed by atoms with Crippen molar-refractivity contribution >= 4 is 0 Å². The summed E-state index contributed by atoms with van der Waals surface area (Å²) in [6, 6.07) is 19.7. The zero-order chi connectivity index (χ0) is 15.3. The van der Waals surface area contributed by atoms with Crippen molar-refractivity contribution in [1.29, 1.82) is 0 Å². The second-order valence-electron chi connectivity index (χ2n) is 5.91. The molecule has 0 atom stereocenters. The normalized spacial score (nSPS) is 16.4. The van der Waals surface area contributed by atoms with Crippen molar-refractivity contribution in [2.75, 3.05) is 19.6 Å². The summed E-state index contributed by atoms with van der Waals surface area (Å²) < 4.78 is 0. The Balaban J connectivity index is 1.87. The Labute approximate surface area is 132 Å². The Kier molecular flexibility index (Phi) is 4.71. The van der Waals surface area contributed by atoms with Crippen LogP contribution in [-0.2, 0) is 5.60 Å². The van der Waals surface area contributed by atoms with Crippen molar-refractivity contribution < 1.29 is 5.11 Å². The standard InChI is InChI=1S/C20H23NO/c22-20(18-10-3-1-4-11-18,19-12-5-2-6-13-19)14-9-17-21-15-7-8-16-21/h1-6,9-14,22H,7-8,15-17H2/b14-9-. The van der Waals surface area contributed by atoms with Gasteiger partial charge >= 0.3 is 0 Å². The van der Waals surface area contributed by atoms with Crippen LogP contribution in [-0.4, -0.2) is 29.6 Å². The van der Waals surface area contributed by atoms with E-state index in [2.05, 4.69) is 11.0 Å². The first-order chi connectivity index (χ1) is 10.8. The molecule has 0 amide bonds. The van der Waals surface area contributed by atoms with Crippen LogP contribution in [0.3, 0.4) is 0 Å². The van der Waals surface area contributed by atoms with Crippen molar-refractivity contribution in [2.45, 2.75) is 18.4 Å². The van der Waals surface area contributed by atoms with E-state index in [9.17, 15) is 5.11 Å². The van der Waals surface area contributed by atoms with Crippen LogP contribution >= 0.6 is 0 Å². The highest BCUT2D eigenvalue weighted by Crippen LogP contribution is 2.31. The smallest absolute Gasteiger partial charge is 0.133 e. The highest BCUT2D eigenvalue weighted by molar-refractivity contribution is 5.40. The Morgan fingerprint density at radius 2 is 1.36 bits per heavy atom. The van der Waals surface area contributed by atoms with E-state index in [1.165, 1.54) is 25.9 Å². The van der Waals surface area contributed by atoms with Crippen molar-refractivity contribution in [2.24, 2.45) is 0 Å². The average Bonchev–Trinajstić information content (AvgIpc) is 3.10. The number of hydrogen-bond donors (Lipinski definition) is 1. The molecule has 0 bridgehead atoms. The van der Waals surface area contributed by atoms with Crippen LogP contribution < -0.4 is 0 Å². The number of benzene rings is 2. The van der Waals surface area contributed by atoms with Crippen LogP contribution in [0.2, 0.25) is 0 Å². The van der Waals surface area contributed by atoms with Crippen molar-refractivity contribution in [3.05, 3.63) is 83.9 Å². The zero-order valence-electron chi connectivity index (χ0n) is 12.9. The maximum absolute atomic E-state index is 11.3. The van der Waals surface area contributed by atoms with Gasteiger partial charge in [-0.15, -0.1) is 0 Å². The molecule has 0 unspecified atom stereocenters. The van der Waals surface area contributed by atoms with E-state index in [0.717, 1.165) is 17.7 Å². The number of likely N-dealkylation sites (tertiary alicyclic amines) is 1. The molecule has 0 aliphatic carbocycles. The molecule has 0 aromatic heterocycles. The lowest BCUT2D eigenvalue weighted by Crippen LogP contribution is -2.25. The fraction of sp³-hybridized carbons (Fsp3) is 0.300. The maximum atomic E-state index is 11.3. The maximum Gasteiger partial charge on any atom is 0.133 e. The molecule has 1 N–H and O–H groups in total. The van der Waals surface area contributed by atoms with Crippen LogP contribution in [0.1, 0.15) is 24.0 Å². The first-order valence-electron chi connectivity index (χ1n) is 8.02. The third-order valence-electron chi connectivity index (χ3n) is 4.35. The summed E-state index contributed by atoms with van der Waals surface area (Å²) in [4.78, 5) is 2.42. The van der Waals surface area contributed by atoms with Gasteiger partial charge in [-0.05, 0) is 43.1 Å². The van der Waals surface area contributed by atoms with Gasteiger partial charge in [0.1, 0.15) is 5.60 Å². The predicted octanol–water partition coefficient (Wildman–Crippen LogP) is 3.57. The SMILES string of the molecule is OC(/C=C\CN1CCCC1)(c1ccccc1)c1ccccc1. The van der Waals surface area contributed by atoms with Gasteiger partial charge in [0.15, 0.2) is 0 Å². The summed E-state index contributed by atoms with van der Waals surface area (Å²) >= 11 is 0. The van der Waals surface area contributed by atoms with Gasteiger partial charge in [-0.25, -0.2) is 0 Å². The molecular formula is C20H23NO. The van der Waals surface area contributed by atoms with E-state index in [0.29, 0.717) is 0 Å². The van der Waals surface area contributed by atoms with E-state index >= 15 is 0 Å². The topological polar surface area (TPSA) is 23.5 Å². The minimum atomic E-state index is -1.07. The molecule has 2 aromatic carbocycles. The van der Waals surface area contributed by atoms with Gasteiger partial charge in [-0.1, -0.05) is 66.7 Å². The molecule has 0 saturated carbocycles. The lowest BCUT2D eigenvalue weighted by molar-refractivity contribution is 0.134. The number of rotatable bonds is 5. The average molecular weight is 293 g/mol. The summed E-state index contributed by atoms with van der Waals surface area (Å²) in [7, 11) is 0. The molecule has 2 aromatic rings. The molecule has 1 aliphatic rings. The zero-order valence-corrected chi connectivity index (χ0v) is 12.9. The van der Waals surface area contributed by atoms with Crippen LogP contribution in [0.25, 0.3) is 0 Å². The highest BCUT2D eigenvalue weighted by atomic mass is 16.3. The molecule has 0 spiro atoms. The Morgan fingerprint density at radius 1 is 0.864 bits per heavy atom. The molecule has 1 heterocycles. The largest absolute Gasteiger partial charge is 0.377 e. The Hall–Kier alpha value is -1.90. The molecule has 0 radical (unpaired) electrons. The third kappa shape index (κ3) is 3.29. The fourth-order valence-corrected chi connectivity index (χ4v) is 3.08. The molecule has 114 valence electrons. The van der Waals surface area contributed by atoms with Gasteiger partial charge in [-0.2, -0.15) is 0 Å². The molecule has 2 heteroatoms. The monoisotopic (exact) mass is 293 g/mol. The van der Waals surface area contributed by atoms with Crippen molar-refractivity contribution in [1.82, 2.24) is 4.90 Å². The summed E-state index contributed by atoms with van der Waals surface area (Å²) in [6.45, 7) is 3.24. The quantitative estimate of drug-likeness (QED) is 0.852. The van der Waals surface area contributed by atoms with Gasteiger partial charge in [-0.3, -0.25) is 4.90 Å². The first-order valence-corrected chi connectivity index (χ1v) is 8.02. The molecule has 1 saturated heterocycles. The van der Waals surface area contributed by atoms with Crippen LogP contribution in [0.4, 0.5) is 0 Å². The Bertz CT molecular complexity index is 561. The number of aliphatic hydroxyl groups is 1. The minimum absolute atomic E-state index is 0.902. The molecule has 1 aliphatic heterocycles. The van der Waals surface area contributed by atoms with E-state index in [1.807, 2.05) is 66.7 Å². The number of nitrogens with zero attached hydrogens (tertiary/aromatic N) is 1. The van der Waals surface area contributed by atoms with Gasteiger partial charge < -0.3 is 5.11 Å². The predicted molar refractivity (Wildman–Crippen MR) is 90.7 cm³/mol. The van der Waals surface area contributed by atoms with Gasteiger partial charge in [0, 0.05) is 6.54 Å². The minimum Gasteiger partial charge on any atom is -0.377 e. The van der Waals surface area contributed by atoms with Crippen molar-refractivity contribution in [3.8, 4) is 0 Å². The lowest BCUT2D eigenvalue weighted by atomic mass is 9.86.